The molecule has 0 radical (unpaired) electrons. The number of carbonyl (C=O) groups is 2. The minimum Gasteiger partial charge on any atom is -0.497 e. The zero-order valence-electron chi connectivity index (χ0n) is 16.4. The fraction of sp³-hybridized carbons (Fsp3) is 0.263. The number of hydrogen-bond donors (Lipinski definition) is 1. The molecule has 1 N–H and O–H groups in total. The number of nitrogens with one attached hydrogen (secondary N) is 1. The highest BCUT2D eigenvalue weighted by Gasteiger charge is 2.22. The SMILES string of the molecule is COC(=O)c1c(-c2ccc(OC)cc2)csc1NC(=O)CSc1nnc(C)n1C. The summed E-state index contributed by atoms with van der Waals surface area (Å²) < 4.78 is 11.9. The summed E-state index contributed by atoms with van der Waals surface area (Å²) in [4.78, 5) is 24.8. The molecule has 3 aromatic rings. The van der Waals surface area contributed by atoms with Gasteiger partial charge in [0.15, 0.2) is 5.16 Å². The van der Waals surface area contributed by atoms with Gasteiger partial charge in [0.2, 0.25) is 5.91 Å². The van der Waals surface area contributed by atoms with Gasteiger partial charge < -0.3 is 19.4 Å². The van der Waals surface area contributed by atoms with Crippen molar-refractivity contribution < 1.29 is 19.1 Å². The molecule has 8 nitrogen and oxygen atoms in total. The maximum absolute atomic E-state index is 12.4. The Labute approximate surface area is 176 Å². The van der Waals surface area contributed by atoms with E-state index in [0.29, 0.717) is 27.0 Å². The smallest absolute Gasteiger partial charge is 0.341 e. The van der Waals surface area contributed by atoms with Crippen LogP contribution in [-0.4, -0.2) is 46.6 Å². The molecule has 0 saturated heterocycles. The molecule has 10 heteroatoms. The third-order valence-electron chi connectivity index (χ3n) is 4.22. The average molecular weight is 433 g/mol. The molecule has 2 aromatic heterocycles. The number of thioether (sulfide) groups is 1. The molecule has 1 aromatic carbocycles. The van der Waals surface area contributed by atoms with E-state index in [-0.39, 0.29) is 11.7 Å². The van der Waals surface area contributed by atoms with E-state index in [1.165, 1.54) is 30.2 Å². The van der Waals surface area contributed by atoms with E-state index >= 15 is 0 Å². The Kier molecular flexibility index (Phi) is 6.55. The highest BCUT2D eigenvalue weighted by molar-refractivity contribution is 7.99. The van der Waals surface area contributed by atoms with Crippen LogP contribution >= 0.6 is 23.1 Å². The van der Waals surface area contributed by atoms with Crippen LogP contribution in [0.1, 0.15) is 16.2 Å². The van der Waals surface area contributed by atoms with E-state index in [2.05, 4.69) is 15.5 Å². The highest BCUT2D eigenvalue weighted by Crippen LogP contribution is 2.37. The monoisotopic (exact) mass is 432 g/mol. The number of aryl methyl sites for hydroxylation is 1. The first-order chi connectivity index (χ1) is 13.9. The van der Waals surface area contributed by atoms with Gasteiger partial charge in [0.25, 0.3) is 0 Å². The molecule has 2 heterocycles. The predicted octanol–water partition coefficient (Wildman–Crippen LogP) is 3.38. The van der Waals surface area contributed by atoms with Crippen LogP contribution in [0, 0.1) is 6.92 Å². The van der Waals surface area contributed by atoms with Crippen molar-refractivity contribution in [2.24, 2.45) is 7.05 Å². The van der Waals surface area contributed by atoms with Crippen LogP contribution < -0.4 is 10.1 Å². The number of amides is 1. The third kappa shape index (κ3) is 4.60. The summed E-state index contributed by atoms with van der Waals surface area (Å²) in [5.74, 6) is 0.867. The molecule has 0 aliphatic rings. The minimum atomic E-state index is -0.510. The van der Waals surface area contributed by atoms with Crippen molar-refractivity contribution in [2.75, 3.05) is 25.3 Å². The lowest BCUT2D eigenvalue weighted by Gasteiger charge is -2.08. The molecular weight excluding hydrogens is 412 g/mol. The number of esters is 1. The number of nitrogens with zero attached hydrogens (tertiary/aromatic N) is 3. The van der Waals surface area contributed by atoms with Gasteiger partial charge in [-0.2, -0.15) is 0 Å². The summed E-state index contributed by atoms with van der Waals surface area (Å²) in [5.41, 5.74) is 1.85. The second-order valence-corrected chi connectivity index (χ2v) is 7.82. The molecule has 1 amide bonds. The maximum atomic E-state index is 12.4. The van der Waals surface area contributed by atoms with Gasteiger partial charge in [-0.15, -0.1) is 21.5 Å². The van der Waals surface area contributed by atoms with E-state index < -0.39 is 5.97 Å². The largest absolute Gasteiger partial charge is 0.497 e. The lowest BCUT2D eigenvalue weighted by atomic mass is 10.0. The van der Waals surface area contributed by atoms with Crippen LogP contribution in [0.15, 0.2) is 34.8 Å². The van der Waals surface area contributed by atoms with Gasteiger partial charge in [-0.25, -0.2) is 4.79 Å². The number of carbonyl (C=O) groups excluding carboxylic acids is 2. The standard InChI is InChI=1S/C19H20N4O4S2/c1-11-21-22-19(23(11)2)29-10-15(24)20-17-16(18(25)27-4)14(9-28-17)12-5-7-13(26-3)8-6-12/h5-9H,10H2,1-4H3,(H,20,24). The van der Waals surface area contributed by atoms with Gasteiger partial charge in [0, 0.05) is 18.0 Å². The molecule has 0 saturated carbocycles. The molecule has 0 fully saturated rings. The zero-order chi connectivity index (χ0) is 21.0. The molecule has 0 atom stereocenters. The Morgan fingerprint density at radius 1 is 1.21 bits per heavy atom. The number of benzene rings is 1. The summed E-state index contributed by atoms with van der Waals surface area (Å²) in [6.07, 6.45) is 0. The number of methoxy groups -OCH3 is 2. The Balaban J connectivity index is 1.79. The van der Waals surface area contributed by atoms with Crippen LogP contribution in [0.4, 0.5) is 5.00 Å². The lowest BCUT2D eigenvalue weighted by molar-refractivity contribution is -0.113. The quantitative estimate of drug-likeness (QED) is 0.452. The third-order valence-corrected chi connectivity index (χ3v) is 6.14. The van der Waals surface area contributed by atoms with Crippen LogP contribution in [0.25, 0.3) is 11.1 Å². The Bertz CT molecular complexity index is 1030. The zero-order valence-corrected chi connectivity index (χ0v) is 18.0. The second-order valence-electron chi connectivity index (χ2n) is 6.00. The molecular formula is C19H20N4O4S2. The normalized spacial score (nSPS) is 10.6. The summed E-state index contributed by atoms with van der Waals surface area (Å²) in [7, 11) is 4.74. The first-order valence-electron chi connectivity index (χ1n) is 8.57. The van der Waals surface area contributed by atoms with Gasteiger partial charge in [0.1, 0.15) is 22.1 Å². The van der Waals surface area contributed by atoms with Crippen molar-refractivity contribution in [1.82, 2.24) is 14.8 Å². The molecule has 0 aliphatic carbocycles. The van der Waals surface area contributed by atoms with Gasteiger partial charge in [0.05, 0.1) is 20.0 Å². The number of hydrogen-bond acceptors (Lipinski definition) is 8. The Morgan fingerprint density at radius 2 is 1.93 bits per heavy atom. The maximum Gasteiger partial charge on any atom is 0.341 e. The van der Waals surface area contributed by atoms with E-state index in [9.17, 15) is 9.59 Å². The topological polar surface area (TPSA) is 95.3 Å². The minimum absolute atomic E-state index is 0.141. The molecule has 29 heavy (non-hydrogen) atoms. The summed E-state index contributed by atoms with van der Waals surface area (Å²) in [6.45, 7) is 1.84. The molecule has 0 unspecified atom stereocenters. The summed E-state index contributed by atoms with van der Waals surface area (Å²) in [6, 6.07) is 7.33. The highest BCUT2D eigenvalue weighted by atomic mass is 32.2. The van der Waals surface area contributed by atoms with Gasteiger partial charge in [-0.05, 0) is 24.6 Å². The van der Waals surface area contributed by atoms with E-state index in [0.717, 1.165) is 11.4 Å². The van der Waals surface area contributed by atoms with Crippen molar-refractivity contribution in [2.45, 2.75) is 12.1 Å². The average Bonchev–Trinajstić information content (AvgIpc) is 3.29. The lowest BCUT2D eigenvalue weighted by Crippen LogP contribution is -2.16. The number of anilines is 1. The van der Waals surface area contributed by atoms with E-state index in [1.807, 2.05) is 48.2 Å². The fourth-order valence-electron chi connectivity index (χ4n) is 2.54. The van der Waals surface area contributed by atoms with Crippen molar-refractivity contribution in [3.05, 3.63) is 41.0 Å². The number of aromatic nitrogens is 3. The number of rotatable bonds is 7. The first kappa shape index (κ1) is 20.9. The number of ether oxygens (including phenoxy) is 2. The molecule has 0 aliphatic heterocycles. The Morgan fingerprint density at radius 3 is 2.52 bits per heavy atom. The van der Waals surface area contributed by atoms with Gasteiger partial charge in [-0.3, -0.25) is 4.79 Å². The first-order valence-corrected chi connectivity index (χ1v) is 10.4. The van der Waals surface area contributed by atoms with Gasteiger partial charge in [-0.1, -0.05) is 23.9 Å². The van der Waals surface area contributed by atoms with Crippen molar-refractivity contribution in [3.63, 3.8) is 0 Å². The molecule has 0 bridgehead atoms. The van der Waals surface area contributed by atoms with Crippen molar-refractivity contribution in [1.29, 1.82) is 0 Å². The fourth-order valence-corrected chi connectivity index (χ4v) is 4.27. The van der Waals surface area contributed by atoms with Crippen LogP contribution in [0.3, 0.4) is 0 Å². The Hall–Kier alpha value is -2.85. The van der Waals surface area contributed by atoms with E-state index in [4.69, 9.17) is 9.47 Å². The summed E-state index contributed by atoms with van der Waals surface area (Å²) >= 11 is 2.55. The van der Waals surface area contributed by atoms with Crippen LogP contribution in [0.2, 0.25) is 0 Å². The molecule has 152 valence electrons. The molecule has 3 rings (SSSR count). The van der Waals surface area contributed by atoms with Crippen LogP contribution in [0.5, 0.6) is 5.75 Å². The van der Waals surface area contributed by atoms with E-state index in [1.54, 1.807) is 7.11 Å². The van der Waals surface area contributed by atoms with Crippen molar-refractivity contribution in [3.8, 4) is 16.9 Å². The van der Waals surface area contributed by atoms with Crippen LogP contribution in [-0.2, 0) is 16.6 Å². The van der Waals surface area contributed by atoms with Crippen molar-refractivity contribution >= 4 is 40.0 Å². The predicted molar refractivity (Wildman–Crippen MR) is 113 cm³/mol. The second kappa shape index (κ2) is 9.10. The summed E-state index contributed by atoms with van der Waals surface area (Å²) in [5, 5.41) is 13.7. The van der Waals surface area contributed by atoms with Gasteiger partial charge >= 0.3 is 5.97 Å². The number of thiophene rings is 1. The molecule has 0 spiro atoms.